The van der Waals surface area contributed by atoms with E-state index in [1.165, 1.54) is 34.6 Å². The Labute approximate surface area is 188 Å². The minimum Gasteiger partial charge on any atom is -0.351 e. The third-order valence-corrected chi connectivity index (χ3v) is 6.79. The van der Waals surface area contributed by atoms with Gasteiger partial charge in [-0.3, -0.25) is 4.79 Å². The molecular weight excluding hydrogens is 435 g/mol. The predicted molar refractivity (Wildman–Crippen MR) is 120 cm³/mol. The second-order valence-electron chi connectivity index (χ2n) is 7.95. The number of thiazole rings is 1. The lowest BCUT2D eigenvalue weighted by molar-refractivity contribution is -0.137. The molecule has 1 heterocycles. The third kappa shape index (κ3) is 5.19. The van der Waals surface area contributed by atoms with E-state index < -0.39 is 11.7 Å². The standard InChI is InChI=1S/C24H24F3N3OS/c1-15-21(32-23(30-15)16-7-9-19(10-8-16)24(25,26)27)22(31)29-12-4-11-28-20-13-17-5-2-3-6-18(17)14-20/h2-3,5-10,20,28H,4,11-14H2,1H3,(H,29,31). The first-order valence-corrected chi connectivity index (χ1v) is 11.4. The maximum atomic E-state index is 12.7. The number of hydrogen-bond donors (Lipinski definition) is 2. The highest BCUT2D eigenvalue weighted by atomic mass is 32.1. The van der Waals surface area contributed by atoms with Gasteiger partial charge in [-0.25, -0.2) is 4.98 Å². The molecule has 32 heavy (non-hydrogen) atoms. The van der Waals surface area contributed by atoms with Gasteiger partial charge in [0.25, 0.3) is 5.91 Å². The van der Waals surface area contributed by atoms with Gasteiger partial charge in [0.2, 0.25) is 0 Å². The van der Waals surface area contributed by atoms with Crippen LogP contribution in [0.5, 0.6) is 0 Å². The number of carbonyl (C=O) groups is 1. The van der Waals surface area contributed by atoms with Crippen molar-refractivity contribution in [1.29, 1.82) is 0 Å². The number of amides is 1. The number of fused-ring (bicyclic) bond motifs is 1. The molecule has 0 unspecified atom stereocenters. The monoisotopic (exact) mass is 459 g/mol. The fourth-order valence-corrected chi connectivity index (χ4v) is 4.90. The lowest BCUT2D eigenvalue weighted by atomic mass is 10.1. The van der Waals surface area contributed by atoms with E-state index in [4.69, 9.17) is 0 Å². The average molecular weight is 460 g/mol. The van der Waals surface area contributed by atoms with Crippen molar-refractivity contribution in [3.05, 3.63) is 75.8 Å². The van der Waals surface area contributed by atoms with Gasteiger partial charge in [0.1, 0.15) is 9.88 Å². The van der Waals surface area contributed by atoms with E-state index in [0.717, 1.165) is 37.9 Å². The minimum absolute atomic E-state index is 0.202. The van der Waals surface area contributed by atoms with Crippen LogP contribution < -0.4 is 10.6 Å². The van der Waals surface area contributed by atoms with E-state index in [9.17, 15) is 18.0 Å². The molecule has 0 bridgehead atoms. The summed E-state index contributed by atoms with van der Waals surface area (Å²) in [6, 6.07) is 13.8. The van der Waals surface area contributed by atoms with Crippen LogP contribution in [-0.2, 0) is 19.0 Å². The zero-order chi connectivity index (χ0) is 22.7. The van der Waals surface area contributed by atoms with Crippen molar-refractivity contribution in [3.8, 4) is 10.6 Å². The first-order chi connectivity index (χ1) is 15.3. The highest BCUT2D eigenvalue weighted by Gasteiger charge is 2.30. The Morgan fingerprint density at radius 3 is 2.34 bits per heavy atom. The molecule has 0 spiro atoms. The molecule has 0 radical (unpaired) electrons. The van der Waals surface area contributed by atoms with Crippen molar-refractivity contribution < 1.29 is 18.0 Å². The Morgan fingerprint density at radius 2 is 1.72 bits per heavy atom. The number of benzene rings is 2. The van der Waals surface area contributed by atoms with Crippen LogP contribution in [0.4, 0.5) is 13.2 Å². The van der Waals surface area contributed by atoms with Crippen LogP contribution in [0.3, 0.4) is 0 Å². The van der Waals surface area contributed by atoms with Gasteiger partial charge in [-0.1, -0.05) is 36.4 Å². The van der Waals surface area contributed by atoms with Crippen molar-refractivity contribution in [2.45, 2.75) is 38.4 Å². The first-order valence-electron chi connectivity index (χ1n) is 10.5. The average Bonchev–Trinajstić information content (AvgIpc) is 3.36. The van der Waals surface area contributed by atoms with E-state index in [1.807, 2.05) is 0 Å². The number of hydrogen-bond acceptors (Lipinski definition) is 4. The number of alkyl halides is 3. The number of aryl methyl sites for hydroxylation is 1. The maximum absolute atomic E-state index is 12.7. The molecule has 8 heteroatoms. The Hall–Kier alpha value is -2.71. The van der Waals surface area contributed by atoms with Crippen LogP contribution in [-0.4, -0.2) is 30.0 Å². The number of nitrogens with one attached hydrogen (secondary N) is 2. The number of nitrogens with zero attached hydrogens (tertiary/aromatic N) is 1. The van der Waals surface area contributed by atoms with Crippen molar-refractivity contribution in [2.24, 2.45) is 0 Å². The fourth-order valence-electron chi connectivity index (χ4n) is 3.91. The lowest BCUT2D eigenvalue weighted by Crippen LogP contribution is -2.33. The highest BCUT2D eigenvalue weighted by Crippen LogP contribution is 2.33. The summed E-state index contributed by atoms with van der Waals surface area (Å²) < 4.78 is 38.2. The van der Waals surface area contributed by atoms with Crippen LogP contribution in [0.25, 0.3) is 10.6 Å². The summed E-state index contributed by atoms with van der Waals surface area (Å²) in [5, 5.41) is 7.00. The van der Waals surface area contributed by atoms with Crippen molar-refractivity contribution in [1.82, 2.24) is 15.6 Å². The van der Waals surface area contributed by atoms with Crippen LogP contribution in [0.1, 0.15) is 38.5 Å². The van der Waals surface area contributed by atoms with Gasteiger partial charge in [-0.05, 0) is 56.0 Å². The first kappa shape index (κ1) is 22.5. The molecule has 4 nitrogen and oxygen atoms in total. The number of rotatable bonds is 7. The van der Waals surface area contributed by atoms with Gasteiger partial charge < -0.3 is 10.6 Å². The molecule has 2 N–H and O–H groups in total. The largest absolute Gasteiger partial charge is 0.416 e. The molecule has 0 aliphatic heterocycles. The van der Waals surface area contributed by atoms with Crippen molar-refractivity contribution in [3.63, 3.8) is 0 Å². The molecule has 0 fully saturated rings. The van der Waals surface area contributed by atoms with Gasteiger partial charge in [0.15, 0.2) is 0 Å². The van der Waals surface area contributed by atoms with Crippen LogP contribution in [0, 0.1) is 6.92 Å². The van der Waals surface area contributed by atoms with Crippen LogP contribution >= 0.6 is 11.3 Å². The van der Waals surface area contributed by atoms with E-state index in [0.29, 0.717) is 33.7 Å². The Kier molecular flexibility index (Phi) is 6.62. The molecule has 1 amide bonds. The molecular formula is C24H24F3N3OS. The molecule has 1 aliphatic rings. The molecule has 1 aliphatic carbocycles. The summed E-state index contributed by atoms with van der Waals surface area (Å²) in [6.07, 6.45) is -1.49. The van der Waals surface area contributed by atoms with Gasteiger partial charge >= 0.3 is 6.18 Å². The van der Waals surface area contributed by atoms with Gasteiger partial charge in [0.05, 0.1) is 11.3 Å². The smallest absolute Gasteiger partial charge is 0.351 e. The molecule has 2 aromatic carbocycles. The topological polar surface area (TPSA) is 54.0 Å². The van der Waals surface area contributed by atoms with Gasteiger partial charge in [-0.15, -0.1) is 11.3 Å². The van der Waals surface area contributed by atoms with E-state index in [1.54, 1.807) is 6.92 Å². The Morgan fingerprint density at radius 1 is 1.06 bits per heavy atom. The van der Waals surface area contributed by atoms with E-state index >= 15 is 0 Å². The number of halogens is 3. The summed E-state index contributed by atoms with van der Waals surface area (Å²) in [4.78, 5) is 17.4. The molecule has 0 saturated carbocycles. The molecule has 0 saturated heterocycles. The van der Waals surface area contributed by atoms with Gasteiger partial charge in [0, 0.05) is 18.2 Å². The Bertz CT molecular complexity index is 1070. The SMILES string of the molecule is Cc1nc(-c2ccc(C(F)(F)F)cc2)sc1C(=O)NCCCNC1Cc2ccccc2C1. The quantitative estimate of drug-likeness (QED) is 0.488. The van der Waals surface area contributed by atoms with E-state index in [2.05, 4.69) is 39.9 Å². The molecule has 4 rings (SSSR count). The summed E-state index contributed by atoms with van der Waals surface area (Å²) in [7, 11) is 0. The lowest BCUT2D eigenvalue weighted by Gasteiger charge is -2.12. The summed E-state index contributed by atoms with van der Waals surface area (Å²) >= 11 is 1.19. The summed E-state index contributed by atoms with van der Waals surface area (Å²) in [6.45, 7) is 3.09. The van der Waals surface area contributed by atoms with Crippen molar-refractivity contribution >= 4 is 17.2 Å². The number of carbonyl (C=O) groups excluding carboxylic acids is 1. The Balaban J connectivity index is 1.25. The second kappa shape index (κ2) is 9.42. The predicted octanol–water partition coefficient (Wildman–Crippen LogP) is 5.01. The zero-order valence-corrected chi connectivity index (χ0v) is 18.4. The third-order valence-electron chi connectivity index (χ3n) is 5.59. The molecule has 168 valence electrons. The summed E-state index contributed by atoms with van der Waals surface area (Å²) in [5.41, 5.74) is 3.24. The minimum atomic E-state index is -4.38. The summed E-state index contributed by atoms with van der Waals surface area (Å²) in [5.74, 6) is -0.202. The normalized spacial score (nSPS) is 13.9. The molecule has 0 atom stereocenters. The maximum Gasteiger partial charge on any atom is 0.416 e. The number of aromatic nitrogens is 1. The molecule has 3 aromatic rings. The molecule has 1 aromatic heterocycles. The van der Waals surface area contributed by atoms with Gasteiger partial charge in [-0.2, -0.15) is 13.2 Å². The van der Waals surface area contributed by atoms with Crippen LogP contribution in [0.2, 0.25) is 0 Å². The second-order valence-corrected chi connectivity index (χ2v) is 8.95. The van der Waals surface area contributed by atoms with Crippen molar-refractivity contribution in [2.75, 3.05) is 13.1 Å². The van der Waals surface area contributed by atoms with Crippen LogP contribution in [0.15, 0.2) is 48.5 Å². The van der Waals surface area contributed by atoms with E-state index in [-0.39, 0.29) is 5.91 Å². The zero-order valence-electron chi connectivity index (χ0n) is 17.6. The fraction of sp³-hybridized carbons (Fsp3) is 0.333. The highest BCUT2D eigenvalue weighted by molar-refractivity contribution is 7.17.